The Morgan fingerprint density at radius 2 is 1.25 bits per heavy atom. The van der Waals surface area contributed by atoms with Crippen molar-refractivity contribution in [3.8, 4) is 0 Å². The van der Waals surface area contributed by atoms with E-state index in [0.29, 0.717) is 6.42 Å². The lowest BCUT2D eigenvalue weighted by Gasteiger charge is -2.31. The zero-order valence-corrected chi connectivity index (χ0v) is 31.7. The number of aliphatic hydroxyl groups is 1. The van der Waals surface area contributed by atoms with Crippen LogP contribution in [-0.4, -0.2) is 145 Å². The average molecular weight is 816 g/mol. The van der Waals surface area contributed by atoms with E-state index in [9.17, 15) is 63.0 Å². The Bertz CT molecular complexity index is 1540. The van der Waals surface area contributed by atoms with Crippen molar-refractivity contribution in [1.29, 1.82) is 0 Å². The van der Waals surface area contributed by atoms with Gasteiger partial charge in [-0.25, -0.2) is 4.79 Å². The Morgan fingerprint density at radius 1 is 0.684 bits per heavy atom. The van der Waals surface area contributed by atoms with Gasteiger partial charge in [0.15, 0.2) is 0 Å². The molecule has 24 nitrogen and oxygen atoms in total. The molecule has 0 aromatic rings. The molecule has 0 spiro atoms. The molecular weight excluding hydrogens is 762 g/mol. The number of rotatable bonds is 25. The van der Waals surface area contributed by atoms with E-state index in [4.69, 9.17) is 27.4 Å². The van der Waals surface area contributed by atoms with Crippen LogP contribution in [0, 0.1) is 5.92 Å². The van der Waals surface area contributed by atoms with Gasteiger partial charge in [0.2, 0.25) is 47.3 Å². The van der Waals surface area contributed by atoms with Crippen molar-refractivity contribution in [2.45, 2.75) is 127 Å². The second-order valence-electron chi connectivity index (χ2n) is 13.6. The molecule has 0 bridgehead atoms. The number of carbonyl (C=O) groups is 11. The fourth-order valence-electron chi connectivity index (χ4n) is 5.68. The van der Waals surface area contributed by atoms with Crippen molar-refractivity contribution in [3.05, 3.63) is 0 Å². The monoisotopic (exact) mass is 815 g/mol. The lowest BCUT2D eigenvalue weighted by atomic mass is 9.98. The largest absolute Gasteiger partial charge is 0.481 e. The molecule has 0 saturated carbocycles. The summed E-state index contributed by atoms with van der Waals surface area (Å²) in [5, 5.41) is 49.2. The van der Waals surface area contributed by atoms with Crippen LogP contribution >= 0.6 is 0 Å². The lowest BCUT2D eigenvalue weighted by molar-refractivity contribution is -0.145. The first-order valence-corrected chi connectivity index (χ1v) is 18.0. The minimum absolute atomic E-state index is 0.0113. The molecule has 1 saturated heterocycles. The molecule has 24 heteroatoms. The van der Waals surface area contributed by atoms with Gasteiger partial charge in [-0.15, -0.1) is 0 Å². The van der Waals surface area contributed by atoms with Crippen LogP contribution in [0.1, 0.15) is 78.6 Å². The molecule has 0 aromatic heterocycles. The maximum atomic E-state index is 13.9. The number of primary amides is 2. The van der Waals surface area contributed by atoms with E-state index in [0.717, 1.165) is 11.8 Å². The molecular formula is C33H53N9O15. The third-order valence-corrected chi connectivity index (χ3v) is 9.02. The highest BCUT2D eigenvalue weighted by Gasteiger charge is 2.41. The summed E-state index contributed by atoms with van der Waals surface area (Å²) in [5.41, 5.74) is 16.1. The summed E-state index contributed by atoms with van der Waals surface area (Å²) in [6.07, 6.45) is -4.81. The molecule has 1 fully saturated rings. The van der Waals surface area contributed by atoms with Crippen molar-refractivity contribution in [2.24, 2.45) is 23.1 Å². The van der Waals surface area contributed by atoms with Gasteiger partial charge >= 0.3 is 17.9 Å². The summed E-state index contributed by atoms with van der Waals surface area (Å²) >= 11 is 0. The van der Waals surface area contributed by atoms with E-state index >= 15 is 0 Å². The van der Waals surface area contributed by atoms with Crippen LogP contribution in [-0.2, 0) is 52.7 Å². The lowest BCUT2D eigenvalue weighted by Crippen LogP contribution is -2.61. The van der Waals surface area contributed by atoms with Crippen molar-refractivity contribution in [2.75, 3.05) is 6.54 Å². The van der Waals surface area contributed by atoms with E-state index < -0.39 is 158 Å². The van der Waals surface area contributed by atoms with Crippen LogP contribution < -0.4 is 43.8 Å². The number of carbonyl (C=O) groups excluding carboxylic acids is 8. The number of carboxylic acids is 3. The normalized spacial score (nSPS) is 17.8. The molecule has 1 rings (SSSR count). The summed E-state index contributed by atoms with van der Waals surface area (Å²) in [5.74, 6) is -13.2. The number of carboxylic acid groups (broad SMARTS) is 3. The van der Waals surface area contributed by atoms with Gasteiger partial charge in [0.25, 0.3) is 0 Å². The molecule has 0 radical (unpaired) electrons. The highest BCUT2D eigenvalue weighted by Crippen LogP contribution is 2.21. The molecule has 15 N–H and O–H groups in total. The van der Waals surface area contributed by atoms with Crippen molar-refractivity contribution >= 4 is 65.2 Å². The zero-order valence-electron chi connectivity index (χ0n) is 31.7. The second kappa shape index (κ2) is 23.2. The van der Waals surface area contributed by atoms with Crippen LogP contribution in [0.3, 0.4) is 0 Å². The fourth-order valence-corrected chi connectivity index (χ4v) is 5.68. The van der Waals surface area contributed by atoms with Gasteiger partial charge in [0.05, 0.1) is 25.0 Å². The second-order valence-corrected chi connectivity index (χ2v) is 13.6. The number of nitrogens with two attached hydrogens (primary N) is 3. The summed E-state index contributed by atoms with van der Waals surface area (Å²) in [6.45, 7) is 4.26. The SMILES string of the molecule is CCC(C)C(NC(=O)C(NC(=O)C(CC(N)=O)NC(=O)C1CCCN1C(=O)C(CCC(N)=O)NC(=O)C(CCC(=O)O)NC(=O)C(N)CC(=O)O)C(C)O)C(=O)O. The van der Waals surface area contributed by atoms with Crippen LogP contribution in [0.5, 0.6) is 0 Å². The van der Waals surface area contributed by atoms with Gasteiger partial charge in [0, 0.05) is 19.4 Å². The summed E-state index contributed by atoms with van der Waals surface area (Å²) in [4.78, 5) is 138. The Hall–Kier alpha value is -5.91. The number of hydrogen-bond acceptors (Lipinski definition) is 13. The van der Waals surface area contributed by atoms with Crippen LogP contribution in [0.4, 0.5) is 0 Å². The van der Waals surface area contributed by atoms with Gasteiger partial charge in [0.1, 0.15) is 36.3 Å². The van der Waals surface area contributed by atoms with Gasteiger partial charge in [-0.1, -0.05) is 20.3 Å². The minimum atomic E-state index is -1.78. The summed E-state index contributed by atoms with van der Waals surface area (Å²) < 4.78 is 0. The van der Waals surface area contributed by atoms with Gasteiger partial charge in [-0.3, -0.25) is 47.9 Å². The number of aliphatic carboxylic acids is 3. The number of hydrogen-bond donors (Lipinski definition) is 12. The van der Waals surface area contributed by atoms with Gasteiger partial charge in [-0.2, -0.15) is 0 Å². The van der Waals surface area contributed by atoms with Crippen LogP contribution in [0.15, 0.2) is 0 Å². The first kappa shape index (κ1) is 49.1. The van der Waals surface area contributed by atoms with Crippen molar-refractivity contribution in [1.82, 2.24) is 31.5 Å². The maximum absolute atomic E-state index is 13.9. The standard InChI is InChI=1S/C33H53N9O15/c1-4-14(2)25(33(56)57)40-31(54)26(15(3)43)41-29(52)19(13-22(36)45)39-30(53)20-6-5-11-42(20)32(55)18(7-9-21(35)44)38-28(51)17(8-10-23(46)47)37-27(50)16(34)12-24(48)49/h14-20,25-26,43H,4-13,34H2,1-3H3,(H2,35,44)(H2,36,45)(H,37,50)(H,38,51)(H,39,53)(H,40,54)(H,41,52)(H,46,47)(H,48,49)(H,56,57). The molecule has 0 aliphatic carbocycles. The smallest absolute Gasteiger partial charge is 0.326 e. The molecule has 1 aliphatic heterocycles. The topological polar surface area (TPSA) is 410 Å². The molecule has 9 atom stereocenters. The van der Waals surface area contributed by atoms with Gasteiger partial charge < -0.3 is 69.1 Å². The molecule has 57 heavy (non-hydrogen) atoms. The van der Waals surface area contributed by atoms with E-state index in [1.807, 2.05) is 0 Å². The number of amides is 8. The quantitative estimate of drug-likeness (QED) is 0.0409. The molecule has 1 aliphatic rings. The number of aliphatic hydroxyl groups excluding tert-OH is 1. The molecule has 8 amide bonds. The van der Waals surface area contributed by atoms with Crippen molar-refractivity contribution in [3.63, 3.8) is 0 Å². The predicted octanol–water partition coefficient (Wildman–Crippen LogP) is -5.28. The highest BCUT2D eigenvalue weighted by atomic mass is 16.4. The number of likely N-dealkylation sites (tertiary alicyclic amines) is 1. The molecule has 0 aromatic carbocycles. The van der Waals surface area contributed by atoms with Crippen molar-refractivity contribution < 1.29 is 73.2 Å². The Balaban J connectivity index is 3.32. The van der Waals surface area contributed by atoms with E-state index in [2.05, 4.69) is 26.6 Å². The summed E-state index contributed by atoms with van der Waals surface area (Å²) in [6, 6.07) is -11.2. The minimum Gasteiger partial charge on any atom is -0.481 e. The maximum Gasteiger partial charge on any atom is 0.326 e. The van der Waals surface area contributed by atoms with E-state index in [1.54, 1.807) is 13.8 Å². The molecule has 320 valence electrons. The van der Waals surface area contributed by atoms with Gasteiger partial charge in [-0.05, 0) is 38.5 Å². The third-order valence-electron chi connectivity index (χ3n) is 9.02. The Morgan fingerprint density at radius 3 is 1.75 bits per heavy atom. The summed E-state index contributed by atoms with van der Waals surface area (Å²) in [7, 11) is 0. The zero-order chi connectivity index (χ0) is 43.7. The Labute approximate surface area is 326 Å². The first-order chi connectivity index (χ1) is 26.5. The average Bonchev–Trinajstić information content (AvgIpc) is 3.61. The molecule has 9 unspecified atom stereocenters. The first-order valence-electron chi connectivity index (χ1n) is 18.0. The van der Waals surface area contributed by atoms with Crippen LogP contribution in [0.2, 0.25) is 0 Å². The number of nitrogens with zero attached hydrogens (tertiary/aromatic N) is 1. The highest BCUT2D eigenvalue weighted by molar-refractivity contribution is 5.99. The molecule has 1 heterocycles. The number of nitrogens with one attached hydrogen (secondary N) is 5. The fraction of sp³-hybridized carbons (Fsp3) is 0.667. The Kier molecular flexibility index (Phi) is 20.0. The third kappa shape index (κ3) is 16.4. The van der Waals surface area contributed by atoms with E-state index in [-0.39, 0.29) is 19.4 Å². The van der Waals surface area contributed by atoms with Crippen LogP contribution in [0.25, 0.3) is 0 Å². The predicted molar refractivity (Wildman–Crippen MR) is 192 cm³/mol. The van der Waals surface area contributed by atoms with E-state index in [1.165, 1.54) is 0 Å².